The number of carbonyl (C=O) groups is 1. The average molecular weight is 198 g/mol. The fourth-order valence-electron chi connectivity index (χ4n) is 0.818. The van der Waals surface area contributed by atoms with Gasteiger partial charge in [-0.2, -0.15) is 0 Å². The molecular weight excluding hydrogens is 180 g/mol. The van der Waals surface area contributed by atoms with Crippen LogP contribution < -0.4 is 0 Å². The van der Waals surface area contributed by atoms with E-state index in [4.69, 9.17) is 11.3 Å². The van der Waals surface area contributed by atoms with Crippen molar-refractivity contribution in [2.24, 2.45) is 0 Å². The minimum Gasteiger partial charge on any atom is -0.444 e. The lowest BCUT2D eigenvalue weighted by atomic mass is 10.2. The molecule has 0 aliphatic carbocycles. The molecule has 0 aromatic carbocycles. The third-order valence-corrected chi connectivity index (χ3v) is 1.47. The summed E-state index contributed by atoms with van der Waals surface area (Å²) in [5, 5.41) is 0. The Bertz CT molecular complexity index is 225. The van der Waals surface area contributed by atoms with Gasteiger partial charge in [-0.15, -0.1) is 0 Å². The summed E-state index contributed by atoms with van der Waals surface area (Å²) in [6, 6.07) is 0. The molecule has 0 bridgehead atoms. The van der Waals surface area contributed by atoms with E-state index >= 15 is 0 Å². The SMILES string of the molecule is [C-]#[N+]CCCN(C)C(=O)OC(C)(C)C. The Kier molecular flexibility index (Phi) is 5.00. The van der Waals surface area contributed by atoms with Gasteiger partial charge in [-0.25, -0.2) is 11.4 Å². The molecule has 4 heteroatoms. The van der Waals surface area contributed by atoms with Crippen LogP contribution in [0.15, 0.2) is 0 Å². The Morgan fingerprint density at radius 1 is 1.50 bits per heavy atom. The van der Waals surface area contributed by atoms with Crippen molar-refractivity contribution in [1.82, 2.24) is 4.90 Å². The van der Waals surface area contributed by atoms with Crippen molar-refractivity contribution in [2.45, 2.75) is 32.8 Å². The number of ether oxygens (including phenoxy) is 1. The maximum atomic E-state index is 11.4. The van der Waals surface area contributed by atoms with Gasteiger partial charge < -0.3 is 14.5 Å². The molecule has 1 amide bonds. The van der Waals surface area contributed by atoms with Gasteiger partial charge in [-0.1, -0.05) is 0 Å². The topological polar surface area (TPSA) is 33.9 Å². The molecule has 0 aromatic heterocycles. The summed E-state index contributed by atoms with van der Waals surface area (Å²) >= 11 is 0. The first kappa shape index (κ1) is 12.8. The second kappa shape index (κ2) is 5.48. The van der Waals surface area contributed by atoms with E-state index < -0.39 is 5.60 Å². The molecule has 0 unspecified atom stereocenters. The zero-order valence-corrected chi connectivity index (χ0v) is 9.33. The van der Waals surface area contributed by atoms with Crippen molar-refractivity contribution in [3.05, 3.63) is 11.4 Å². The van der Waals surface area contributed by atoms with Gasteiger partial charge in [0.25, 0.3) is 0 Å². The van der Waals surface area contributed by atoms with Crippen molar-refractivity contribution in [3.63, 3.8) is 0 Å². The third kappa shape index (κ3) is 6.30. The molecule has 0 N–H and O–H groups in total. The number of rotatable bonds is 3. The molecule has 0 heterocycles. The molecule has 0 fully saturated rings. The molecular formula is C10H18N2O2. The van der Waals surface area contributed by atoms with Crippen LogP contribution in [0.2, 0.25) is 0 Å². The molecule has 14 heavy (non-hydrogen) atoms. The van der Waals surface area contributed by atoms with Crippen LogP contribution in [0.5, 0.6) is 0 Å². The van der Waals surface area contributed by atoms with Gasteiger partial charge >= 0.3 is 6.09 Å². The zero-order valence-electron chi connectivity index (χ0n) is 9.33. The smallest absolute Gasteiger partial charge is 0.410 e. The molecule has 0 aliphatic heterocycles. The average Bonchev–Trinajstić information content (AvgIpc) is 2.01. The number of nitrogens with zero attached hydrogens (tertiary/aromatic N) is 2. The molecule has 4 nitrogen and oxygen atoms in total. The van der Waals surface area contributed by atoms with Crippen molar-refractivity contribution in [3.8, 4) is 0 Å². The molecule has 0 radical (unpaired) electrons. The van der Waals surface area contributed by atoms with E-state index in [1.54, 1.807) is 7.05 Å². The largest absolute Gasteiger partial charge is 0.444 e. The number of hydrogen-bond donors (Lipinski definition) is 0. The van der Waals surface area contributed by atoms with Crippen molar-refractivity contribution < 1.29 is 9.53 Å². The second-order valence-corrected chi connectivity index (χ2v) is 4.14. The van der Waals surface area contributed by atoms with E-state index in [9.17, 15) is 4.79 Å². The first-order chi connectivity index (χ1) is 6.37. The maximum Gasteiger partial charge on any atom is 0.410 e. The minimum absolute atomic E-state index is 0.331. The Balaban J connectivity index is 3.84. The van der Waals surface area contributed by atoms with Gasteiger partial charge in [0, 0.05) is 20.0 Å². The van der Waals surface area contributed by atoms with Crippen LogP contribution in [0, 0.1) is 6.57 Å². The first-order valence-electron chi connectivity index (χ1n) is 4.64. The first-order valence-corrected chi connectivity index (χ1v) is 4.64. The molecule has 0 atom stereocenters. The predicted octanol–water partition coefficient (Wildman–Crippen LogP) is 2.16. The summed E-state index contributed by atoms with van der Waals surface area (Å²) in [5.74, 6) is 0. The number of carbonyl (C=O) groups excluding carboxylic acids is 1. The Labute approximate surface area is 85.7 Å². The molecule has 0 saturated heterocycles. The minimum atomic E-state index is -0.453. The lowest BCUT2D eigenvalue weighted by Gasteiger charge is -2.24. The highest BCUT2D eigenvalue weighted by Crippen LogP contribution is 2.09. The van der Waals surface area contributed by atoms with Crippen LogP contribution in [0.1, 0.15) is 27.2 Å². The van der Waals surface area contributed by atoms with Gasteiger partial charge in [-0.05, 0) is 20.8 Å². The van der Waals surface area contributed by atoms with E-state index in [0.717, 1.165) is 0 Å². The monoisotopic (exact) mass is 198 g/mol. The second-order valence-electron chi connectivity index (χ2n) is 4.14. The lowest BCUT2D eigenvalue weighted by Crippen LogP contribution is -2.34. The lowest BCUT2D eigenvalue weighted by molar-refractivity contribution is 0.0299. The third-order valence-electron chi connectivity index (χ3n) is 1.47. The fourth-order valence-corrected chi connectivity index (χ4v) is 0.818. The summed E-state index contributed by atoms with van der Waals surface area (Å²) in [6.07, 6.45) is 0.363. The van der Waals surface area contributed by atoms with Crippen molar-refractivity contribution in [2.75, 3.05) is 20.1 Å². The van der Waals surface area contributed by atoms with Crippen LogP contribution >= 0.6 is 0 Å². The summed E-state index contributed by atoms with van der Waals surface area (Å²) in [7, 11) is 1.68. The molecule has 0 saturated carbocycles. The van der Waals surface area contributed by atoms with Crippen LogP contribution in [0.3, 0.4) is 0 Å². The standard InChI is InChI=1S/C10H18N2O2/c1-10(2,3)14-9(13)12(5)8-6-7-11-4/h6-8H2,1-3,5H3. The summed E-state index contributed by atoms with van der Waals surface area (Å²) in [6.45, 7) is 13.1. The van der Waals surface area contributed by atoms with E-state index in [0.29, 0.717) is 19.5 Å². The number of amides is 1. The van der Waals surface area contributed by atoms with Gasteiger partial charge in [0.2, 0.25) is 6.54 Å². The quantitative estimate of drug-likeness (QED) is 0.514. The van der Waals surface area contributed by atoms with Gasteiger partial charge in [0.15, 0.2) is 0 Å². The van der Waals surface area contributed by atoms with Crippen LogP contribution in [-0.2, 0) is 4.74 Å². The molecule has 0 rings (SSSR count). The Morgan fingerprint density at radius 3 is 2.50 bits per heavy atom. The highest BCUT2D eigenvalue weighted by molar-refractivity contribution is 5.67. The van der Waals surface area contributed by atoms with Crippen LogP contribution in [-0.4, -0.2) is 36.7 Å². The predicted molar refractivity (Wildman–Crippen MR) is 55.0 cm³/mol. The Hall–Kier alpha value is -1.24. The van der Waals surface area contributed by atoms with Crippen LogP contribution in [0.4, 0.5) is 4.79 Å². The van der Waals surface area contributed by atoms with Gasteiger partial charge in [0.1, 0.15) is 5.60 Å². The maximum absolute atomic E-state index is 11.4. The fraction of sp³-hybridized carbons (Fsp3) is 0.800. The normalized spacial score (nSPS) is 10.5. The Morgan fingerprint density at radius 2 is 2.07 bits per heavy atom. The molecule has 0 aromatic rings. The molecule has 80 valence electrons. The summed E-state index contributed by atoms with van der Waals surface area (Å²) < 4.78 is 5.14. The van der Waals surface area contributed by atoms with Gasteiger partial charge in [0.05, 0.1) is 0 Å². The van der Waals surface area contributed by atoms with E-state index in [-0.39, 0.29) is 6.09 Å². The van der Waals surface area contributed by atoms with Crippen molar-refractivity contribution in [1.29, 1.82) is 0 Å². The zero-order chi connectivity index (χ0) is 11.2. The molecule has 0 spiro atoms. The van der Waals surface area contributed by atoms with Gasteiger partial charge in [-0.3, -0.25) is 0 Å². The summed E-state index contributed by atoms with van der Waals surface area (Å²) in [4.78, 5) is 16.1. The van der Waals surface area contributed by atoms with Crippen molar-refractivity contribution >= 4 is 6.09 Å². The van der Waals surface area contributed by atoms with E-state index in [2.05, 4.69) is 4.85 Å². The molecule has 0 aliphatic rings. The van der Waals surface area contributed by atoms with Crippen LogP contribution in [0.25, 0.3) is 4.85 Å². The highest BCUT2D eigenvalue weighted by Gasteiger charge is 2.19. The highest BCUT2D eigenvalue weighted by atomic mass is 16.6. The van der Waals surface area contributed by atoms with E-state index in [1.165, 1.54) is 4.90 Å². The number of hydrogen-bond acceptors (Lipinski definition) is 2. The summed E-state index contributed by atoms with van der Waals surface area (Å²) in [5.41, 5.74) is -0.453. The van der Waals surface area contributed by atoms with E-state index in [1.807, 2.05) is 20.8 Å².